The summed E-state index contributed by atoms with van der Waals surface area (Å²) in [5.41, 5.74) is 0.749. The van der Waals surface area contributed by atoms with Crippen LogP contribution in [-0.2, 0) is 0 Å². The standard InChI is InChI=1S/C14H8BrF2N3O/c15-7-1-3-11-9(5-7)13(14(21)18-11)20-19-12-4-2-8(16)6-10(12)17/h1-6,18,21H. The maximum atomic E-state index is 13.5. The van der Waals surface area contributed by atoms with Gasteiger partial charge in [0.15, 0.2) is 11.5 Å². The van der Waals surface area contributed by atoms with E-state index in [1.165, 1.54) is 6.07 Å². The Hall–Kier alpha value is -2.28. The SMILES string of the molecule is Oc1[nH]c2ccc(Br)cc2c1N=Nc1ccc(F)cc1F. The summed E-state index contributed by atoms with van der Waals surface area (Å²) in [6.45, 7) is 0. The Bertz CT molecular complexity index is 861. The van der Waals surface area contributed by atoms with Gasteiger partial charge in [0.2, 0.25) is 5.88 Å². The molecule has 2 aromatic carbocycles. The molecule has 1 aromatic heterocycles. The zero-order chi connectivity index (χ0) is 15.0. The number of nitrogens with zero attached hydrogens (tertiary/aromatic N) is 2. The van der Waals surface area contributed by atoms with Crippen molar-refractivity contribution in [1.29, 1.82) is 0 Å². The fourth-order valence-corrected chi connectivity index (χ4v) is 2.26. The Kier molecular flexibility index (Phi) is 3.42. The molecule has 0 atom stereocenters. The van der Waals surface area contributed by atoms with Gasteiger partial charge in [0.1, 0.15) is 11.5 Å². The topological polar surface area (TPSA) is 60.7 Å². The van der Waals surface area contributed by atoms with Gasteiger partial charge in [-0.2, -0.15) is 0 Å². The summed E-state index contributed by atoms with van der Waals surface area (Å²) in [6.07, 6.45) is 0. The van der Waals surface area contributed by atoms with Crippen LogP contribution >= 0.6 is 15.9 Å². The van der Waals surface area contributed by atoms with Gasteiger partial charge in [-0.3, -0.25) is 0 Å². The molecule has 2 N–H and O–H groups in total. The number of fused-ring (bicyclic) bond motifs is 1. The third-order valence-electron chi connectivity index (χ3n) is 2.88. The second kappa shape index (κ2) is 5.25. The molecule has 3 rings (SSSR count). The number of benzene rings is 2. The highest BCUT2D eigenvalue weighted by atomic mass is 79.9. The molecule has 1 heterocycles. The summed E-state index contributed by atoms with van der Waals surface area (Å²) in [4.78, 5) is 2.74. The summed E-state index contributed by atoms with van der Waals surface area (Å²) in [7, 11) is 0. The highest BCUT2D eigenvalue weighted by Crippen LogP contribution is 2.37. The van der Waals surface area contributed by atoms with Crippen LogP contribution in [0.5, 0.6) is 5.88 Å². The summed E-state index contributed by atoms with van der Waals surface area (Å²) in [6, 6.07) is 8.30. The Morgan fingerprint density at radius 1 is 1.05 bits per heavy atom. The second-order valence-electron chi connectivity index (χ2n) is 4.31. The van der Waals surface area contributed by atoms with E-state index in [-0.39, 0.29) is 17.3 Å². The maximum absolute atomic E-state index is 13.5. The maximum Gasteiger partial charge on any atom is 0.218 e. The molecule has 0 bridgehead atoms. The molecule has 106 valence electrons. The zero-order valence-corrected chi connectivity index (χ0v) is 12.0. The number of hydrogen-bond donors (Lipinski definition) is 2. The van der Waals surface area contributed by atoms with E-state index in [9.17, 15) is 13.9 Å². The lowest BCUT2D eigenvalue weighted by Gasteiger charge is -1.96. The Labute approximate surface area is 126 Å². The van der Waals surface area contributed by atoms with Crippen molar-refractivity contribution in [2.75, 3.05) is 0 Å². The first kappa shape index (κ1) is 13.7. The third kappa shape index (κ3) is 2.64. The van der Waals surface area contributed by atoms with Crippen LogP contribution in [0.25, 0.3) is 10.9 Å². The summed E-state index contributed by atoms with van der Waals surface area (Å²) >= 11 is 3.32. The van der Waals surface area contributed by atoms with Crippen molar-refractivity contribution in [3.8, 4) is 5.88 Å². The zero-order valence-electron chi connectivity index (χ0n) is 10.4. The van der Waals surface area contributed by atoms with Gasteiger partial charge in [0.25, 0.3) is 0 Å². The first-order chi connectivity index (χ1) is 10.0. The number of H-pyrrole nitrogens is 1. The predicted molar refractivity (Wildman–Crippen MR) is 78.2 cm³/mol. The average molecular weight is 352 g/mol. The van der Waals surface area contributed by atoms with Crippen molar-refractivity contribution >= 4 is 38.2 Å². The van der Waals surface area contributed by atoms with Gasteiger partial charge in [0, 0.05) is 15.9 Å². The molecule has 0 saturated heterocycles. The smallest absolute Gasteiger partial charge is 0.218 e. The lowest BCUT2D eigenvalue weighted by atomic mass is 10.2. The number of rotatable bonds is 2. The number of halogens is 3. The van der Waals surface area contributed by atoms with Crippen LogP contribution < -0.4 is 0 Å². The van der Waals surface area contributed by atoms with Crippen molar-refractivity contribution in [3.63, 3.8) is 0 Å². The summed E-state index contributed by atoms with van der Waals surface area (Å²) in [5.74, 6) is -1.68. The average Bonchev–Trinajstić information content (AvgIpc) is 2.73. The lowest BCUT2D eigenvalue weighted by molar-refractivity contribution is 0.459. The van der Waals surface area contributed by atoms with E-state index in [2.05, 4.69) is 31.1 Å². The molecule has 0 fully saturated rings. The normalized spacial score (nSPS) is 11.6. The van der Waals surface area contributed by atoms with Gasteiger partial charge in [-0.1, -0.05) is 15.9 Å². The van der Waals surface area contributed by atoms with E-state index < -0.39 is 11.6 Å². The largest absolute Gasteiger partial charge is 0.493 e. The quantitative estimate of drug-likeness (QED) is 0.602. The van der Waals surface area contributed by atoms with Gasteiger partial charge in [-0.15, -0.1) is 10.2 Å². The first-order valence-electron chi connectivity index (χ1n) is 5.91. The number of nitrogens with one attached hydrogen (secondary N) is 1. The number of hydrogen-bond acceptors (Lipinski definition) is 3. The minimum absolute atomic E-state index is 0.111. The highest BCUT2D eigenvalue weighted by molar-refractivity contribution is 9.10. The molecule has 0 aliphatic carbocycles. The fourth-order valence-electron chi connectivity index (χ4n) is 1.90. The van der Waals surface area contributed by atoms with Crippen LogP contribution in [0.1, 0.15) is 0 Å². The Balaban J connectivity index is 2.06. The highest BCUT2D eigenvalue weighted by Gasteiger charge is 2.11. The van der Waals surface area contributed by atoms with Crippen LogP contribution in [0.15, 0.2) is 51.1 Å². The van der Waals surface area contributed by atoms with Gasteiger partial charge >= 0.3 is 0 Å². The number of aromatic hydroxyl groups is 1. The van der Waals surface area contributed by atoms with E-state index in [0.29, 0.717) is 10.9 Å². The van der Waals surface area contributed by atoms with Crippen molar-refractivity contribution < 1.29 is 13.9 Å². The molecule has 0 spiro atoms. The minimum Gasteiger partial charge on any atom is -0.493 e. The van der Waals surface area contributed by atoms with E-state index >= 15 is 0 Å². The number of aromatic amines is 1. The van der Waals surface area contributed by atoms with E-state index in [0.717, 1.165) is 16.6 Å². The van der Waals surface area contributed by atoms with Crippen LogP contribution in [0, 0.1) is 11.6 Å². The van der Waals surface area contributed by atoms with Gasteiger partial charge in [-0.25, -0.2) is 8.78 Å². The molecule has 21 heavy (non-hydrogen) atoms. The van der Waals surface area contributed by atoms with Crippen LogP contribution in [0.4, 0.5) is 20.2 Å². The Morgan fingerprint density at radius 2 is 1.86 bits per heavy atom. The molecule has 0 aliphatic heterocycles. The molecule has 0 aliphatic rings. The molecule has 0 saturated carbocycles. The molecule has 0 amide bonds. The monoisotopic (exact) mass is 351 g/mol. The van der Waals surface area contributed by atoms with Crippen LogP contribution in [0.3, 0.4) is 0 Å². The molecular formula is C14H8BrF2N3O. The predicted octanol–water partition coefficient (Wildman–Crippen LogP) is 5.33. The second-order valence-corrected chi connectivity index (χ2v) is 5.22. The fraction of sp³-hybridized carbons (Fsp3) is 0. The minimum atomic E-state index is -0.820. The molecule has 7 heteroatoms. The molecule has 0 unspecified atom stereocenters. The molecule has 0 radical (unpaired) electrons. The molecular weight excluding hydrogens is 344 g/mol. The number of azo groups is 1. The summed E-state index contributed by atoms with van der Waals surface area (Å²) in [5, 5.41) is 18.0. The van der Waals surface area contributed by atoms with Crippen molar-refractivity contribution in [1.82, 2.24) is 4.98 Å². The Morgan fingerprint density at radius 3 is 2.62 bits per heavy atom. The van der Waals surface area contributed by atoms with Gasteiger partial charge in [-0.05, 0) is 30.3 Å². The third-order valence-corrected chi connectivity index (χ3v) is 3.37. The lowest BCUT2D eigenvalue weighted by Crippen LogP contribution is -1.78. The van der Waals surface area contributed by atoms with E-state index in [4.69, 9.17) is 0 Å². The van der Waals surface area contributed by atoms with E-state index in [1.54, 1.807) is 18.2 Å². The van der Waals surface area contributed by atoms with Gasteiger partial charge < -0.3 is 10.1 Å². The van der Waals surface area contributed by atoms with Crippen LogP contribution in [0.2, 0.25) is 0 Å². The van der Waals surface area contributed by atoms with Crippen molar-refractivity contribution in [2.45, 2.75) is 0 Å². The molecule has 4 nitrogen and oxygen atoms in total. The molecule has 3 aromatic rings. The summed E-state index contributed by atoms with van der Waals surface area (Å²) < 4.78 is 27.1. The van der Waals surface area contributed by atoms with Crippen molar-refractivity contribution in [3.05, 3.63) is 52.5 Å². The first-order valence-corrected chi connectivity index (χ1v) is 6.71. The van der Waals surface area contributed by atoms with Crippen molar-refractivity contribution in [2.24, 2.45) is 10.2 Å². The van der Waals surface area contributed by atoms with Gasteiger partial charge in [0.05, 0.1) is 5.52 Å². The number of aromatic nitrogens is 1. The van der Waals surface area contributed by atoms with E-state index in [1.807, 2.05) is 0 Å². The van der Waals surface area contributed by atoms with Crippen LogP contribution in [-0.4, -0.2) is 10.1 Å².